The highest BCUT2D eigenvalue weighted by Crippen LogP contribution is 2.34. The molecule has 0 radical (unpaired) electrons. The number of rotatable bonds is 2. The van der Waals surface area contributed by atoms with Crippen molar-refractivity contribution in [2.24, 2.45) is 4.99 Å². The molecule has 0 saturated carbocycles. The predicted molar refractivity (Wildman–Crippen MR) is 84.6 cm³/mol. The van der Waals surface area contributed by atoms with Crippen LogP contribution in [0.3, 0.4) is 0 Å². The van der Waals surface area contributed by atoms with Crippen molar-refractivity contribution in [2.45, 2.75) is 19.5 Å². The third-order valence-electron chi connectivity index (χ3n) is 3.53. The number of halogens is 4. The molecule has 1 aromatic carbocycles. The number of aliphatic imine (C=N–C) groups is 1. The molecule has 0 spiro atoms. The van der Waals surface area contributed by atoms with Crippen molar-refractivity contribution < 1.29 is 13.2 Å². The molecule has 0 amide bonds. The minimum Gasteiger partial charge on any atom is -0.303 e. The summed E-state index contributed by atoms with van der Waals surface area (Å²) >= 11 is 6.20. The first-order valence-corrected chi connectivity index (χ1v) is 7.08. The fourth-order valence-corrected chi connectivity index (χ4v) is 2.68. The normalized spacial score (nSPS) is 17.2. The minimum absolute atomic E-state index is 0.253. The zero-order valence-electron chi connectivity index (χ0n) is 12.1. The van der Waals surface area contributed by atoms with Crippen LogP contribution in [0.4, 0.5) is 18.9 Å². The SMILES string of the molecule is C=C(N=C1CC=C(C)N1c1cc(Cl)c2[nH]ncc2c1)C(F)(F)F. The van der Waals surface area contributed by atoms with Crippen LogP contribution in [-0.2, 0) is 0 Å². The Balaban J connectivity index is 2.05. The van der Waals surface area contributed by atoms with Crippen LogP contribution in [-0.4, -0.2) is 22.2 Å². The van der Waals surface area contributed by atoms with Crippen molar-refractivity contribution in [3.63, 3.8) is 0 Å². The van der Waals surface area contributed by atoms with E-state index in [1.807, 2.05) is 0 Å². The molecule has 4 nitrogen and oxygen atoms in total. The Kier molecular flexibility index (Phi) is 3.68. The first kappa shape index (κ1) is 15.6. The quantitative estimate of drug-likeness (QED) is 0.853. The predicted octanol–water partition coefficient (Wildman–Crippen LogP) is 4.80. The smallest absolute Gasteiger partial charge is 0.303 e. The molecule has 1 aliphatic rings. The molecule has 3 rings (SSSR count). The Bertz CT molecular complexity index is 848. The van der Waals surface area contributed by atoms with Gasteiger partial charge in [-0.3, -0.25) is 5.10 Å². The molecule has 1 aliphatic heterocycles. The summed E-state index contributed by atoms with van der Waals surface area (Å²) in [6.45, 7) is 4.80. The van der Waals surface area contributed by atoms with Gasteiger partial charge in [0.2, 0.25) is 0 Å². The van der Waals surface area contributed by atoms with Crippen molar-refractivity contribution >= 4 is 34.0 Å². The number of aromatic nitrogens is 2. The van der Waals surface area contributed by atoms with Gasteiger partial charge in [-0.15, -0.1) is 0 Å². The van der Waals surface area contributed by atoms with Gasteiger partial charge in [0, 0.05) is 23.2 Å². The Morgan fingerprint density at radius 3 is 2.87 bits per heavy atom. The average Bonchev–Trinajstić information content (AvgIpc) is 3.05. The first-order chi connectivity index (χ1) is 10.8. The van der Waals surface area contributed by atoms with Gasteiger partial charge in [-0.05, 0) is 19.1 Å². The molecule has 23 heavy (non-hydrogen) atoms. The second kappa shape index (κ2) is 5.42. The molecule has 1 aromatic heterocycles. The fraction of sp³-hybridized carbons (Fsp3) is 0.200. The van der Waals surface area contributed by atoms with Gasteiger partial charge in [-0.1, -0.05) is 24.3 Å². The zero-order chi connectivity index (χ0) is 16.8. The summed E-state index contributed by atoms with van der Waals surface area (Å²) in [5.41, 5.74) is 0.951. The van der Waals surface area contributed by atoms with Gasteiger partial charge in [-0.25, -0.2) is 4.99 Å². The molecule has 0 bridgehead atoms. The average molecular weight is 341 g/mol. The number of benzene rings is 1. The first-order valence-electron chi connectivity index (χ1n) is 6.70. The number of aromatic amines is 1. The summed E-state index contributed by atoms with van der Waals surface area (Å²) in [4.78, 5) is 5.29. The number of alkyl halides is 3. The Morgan fingerprint density at radius 2 is 2.17 bits per heavy atom. The summed E-state index contributed by atoms with van der Waals surface area (Å²) in [7, 11) is 0. The second-order valence-electron chi connectivity index (χ2n) is 5.12. The topological polar surface area (TPSA) is 44.3 Å². The van der Waals surface area contributed by atoms with Crippen LogP contribution < -0.4 is 4.90 Å². The van der Waals surface area contributed by atoms with Crippen molar-refractivity contribution in [3.05, 3.63) is 47.4 Å². The summed E-state index contributed by atoms with van der Waals surface area (Å²) < 4.78 is 38.1. The van der Waals surface area contributed by atoms with E-state index in [1.54, 1.807) is 36.2 Å². The maximum absolute atomic E-state index is 12.7. The Morgan fingerprint density at radius 1 is 1.43 bits per heavy atom. The van der Waals surface area contributed by atoms with Gasteiger partial charge < -0.3 is 4.90 Å². The largest absolute Gasteiger partial charge is 0.432 e. The molecule has 0 unspecified atom stereocenters. The van der Waals surface area contributed by atoms with Gasteiger partial charge in [0.25, 0.3) is 0 Å². The van der Waals surface area contributed by atoms with Gasteiger partial charge in [-0.2, -0.15) is 18.3 Å². The molecule has 1 N–H and O–H groups in total. The Hall–Kier alpha value is -2.28. The van der Waals surface area contributed by atoms with E-state index in [2.05, 4.69) is 21.8 Å². The number of anilines is 1. The molecule has 0 atom stereocenters. The van der Waals surface area contributed by atoms with Crippen LogP contribution in [0.2, 0.25) is 5.02 Å². The number of nitrogens with zero attached hydrogens (tertiary/aromatic N) is 3. The van der Waals surface area contributed by atoms with Gasteiger partial charge in [0.15, 0.2) is 0 Å². The van der Waals surface area contributed by atoms with E-state index in [9.17, 15) is 13.2 Å². The lowest BCUT2D eigenvalue weighted by atomic mass is 10.2. The number of nitrogens with one attached hydrogen (secondary N) is 1. The van der Waals surface area contributed by atoms with Crippen molar-refractivity contribution in [3.8, 4) is 0 Å². The fourth-order valence-electron chi connectivity index (χ4n) is 2.42. The standard InChI is InChI=1S/C15H12ClF3N4/c1-8-3-4-13(21-9(2)15(17,18)19)23(8)11-5-10-7-20-22-14(10)12(16)6-11/h3,5-7H,2,4H2,1H3,(H,20,22). The van der Waals surface area contributed by atoms with Crippen LogP contribution in [0.1, 0.15) is 13.3 Å². The summed E-state index contributed by atoms with van der Waals surface area (Å²) in [5.74, 6) is 0.253. The van der Waals surface area contributed by atoms with Crippen LogP contribution in [0.25, 0.3) is 10.9 Å². The van der Waals surface area contributed by atoms with Crippen LogP contribution in [0.15, 0.2) is 47.4 Å². The Labute approximate surface area is 134 Å². The van der Waals surface area contributed by atoms with E-state index in [0.29, 0.717) is 22.6 Å². The molecule has 8 heteroatoms. The molecule has 2 aromatic rings. The van der Waals surface area contributed by atoms with Crippen LogP contribution >= 0.6 is 11.6 Å². The molecular weight excluding hydrogens is 329 g/mol. The van der Waals surface area contributed by atoms with E-state index in [4.69, 9.17) is 11.6 Å². The maximum Gasteiger partial charge on any atom is 0.432 e. The van der Waals surface area contributed by atoms with E-state index in [0.717, 1.165) is 11.1 Å². The number of hydrogen-bond donors (Lipinski definition) is 1. The van der Waals surface area contributed by atoms with Crippen molar-refractivity contribution in [1.29, 1.82) is 0 Å². The second-order valence-corrected chi connectivity index (χ2v) is 5.53. The molecule has 0 aliphatic carbocycles. The molecular formula is C15H12ClF3N4. The molecule has 2 heterocycles. The lowest BCUT2D eigenvalue weighted by Gasteiger charge is -2.22. The summed E-state index contributed by atoms with van der Waals surface area (Å²) in [6, 6.07) is 3.45. The summed E-state index contributed by atoms with van der Waals surface area (Å²) in [5, 5.41) is 7.88. The van der Waals surface area contributed by atoms with E-state index < -0.39 is 11.9 Å². The van der Waals surface area contributed by atoms with Gasteiger partial charge in [0.05, 0.1) is 16.7 Å². The highest BCUT2D eigenvalue weighted by atomic mass is 35.5. The van der Waals surface area contributed by atoms with Crippen LogP contribution in [0.5, 0.6) is 0 Å². The molecule has 0 saturated heterocycles. The summed E-state index contributed by atoms with van der Waals surface area (Å²) in [6.07, 6.45) is -0.857. The van der Waals surface area contributed by atoms with E-state index >= 15 is 0 Å². The number of fused-ring (bicyclic) bond motifs is 1. The monoisotopic (exact) mass is 340 g/mol. The zero-order valence-corrected chi connectivity index (χ0v) is 12.8. The molecule has 120 valence electrons. The number of H-pyrrole nitrogens is 1. The van der Waals surface area contributed by atoms with Crippen molar-refractivity contribution in [1.82, 2.24) is 10.2 Å². The minimum atomic E-state index is -4.55. The highest BCUT2D eigenvalue weighted by molar-refractivity contribution is 6.35. The van der Waals surface area contributed by atoms with E-state index in [1.165, 1.54) is 0 Å². The number of hydrogen-bond acceptors (Lipinski definition) is 2. The van der Waals surface area contributed by atoms with E-state index in [-0.39, 0.29) is 5.84 Å². The molecule has 0 fully saturated rings. The number of allylic oxidation sites excluding steroid dienone is 2. The maximum atomic E-state index is 12.7. The lowest BCUT2D eigenvalue weighted by molar-refractivity contribution is -0.0919. The van der Waals surface area contributed by atoms with Crippen molar-refractivity contribution in [2.75, 3.05) is 4.90 Å². The van der Waals surface area contributed by atoms with Crippen LogP contribution in [0, 0.1) is 0 Å². The highest BCUT2D eigenvalue weighted by Gasteiger charge is 2.33. The third-order valence-corrected chi connectivity index (χ3v) is 3.82. The number of amidine groups is 1. The lowest BCUT2D eigenvalue weighted by Crippen LogP contribution is -2.25. The third kappa shape index (κ3) is 2.84. The van der Waals surface area contributed by atoms with Gasteiger partial charge in [0.1, 0.15) is 11.5 Å². The van der Waals surface area contributed by atoms with Gasteiger partial charge >= 0.3 is 6.18 Å².